The second kappa shape index (κ2) is 4.84. The highest BCUT2D eigenvalue weighted by Gasteiger charge is 2.56. The molecule has 0 aliphatic heterocycles. The van der Waals surface area contributed by atoms with E-state index in [4.69, 9.17) is 4.74 Å². The van der Waals surface area contributed by atoms with Gasteiger partial charge in [-0.05, 0) is 72.6 Å². The van der Waals surface area contributed by atoms with E-state index in [-0.39, 0.29) is 5.41 Å². The average molecular weight is 298 g/mol. The topological polar surface area (TPSA) is 26.3 Å². The molecule has 22 heavy (non-hydrogen) atoms. The summed E-state index contributed by atoms with van der Waals surface area (Å²) in [7, 11) is 1.74. The molecule has 0 heterocycles. The number of Topliss-reactive ketones (excluding diaryl/α,β-unsaturated/α-hetero) is 1. The Labute approximate surface area is 133 Å². The van der Waals surface area contributed by atoms with Crippen LogP contribution in [0.4, 0.5) is 0 Å². The third kappa shape index (κ3) is 1.82. The Balaban J connectivity index is 1.75. The maximum absolute atomic E-state index is 12.4. The van der Waals surface area contributed by atoms with Crippen LogP contribution in [0, 0.1) is 23.2 Å². The fourth-order valence-electron chi connectivity index (χ4n) is 5.85. The number of carbonyl (C=O) groups excluding carboxylic acids is 1. The smallest absolute Gasteiger partial charge is 0.139 e. The number of rotatable bonds is 1. The molecule has 4 rings (SSSR count). The number of ketones is 1. The van der Waals surface area contributed by atoms with Gasteiger partial charge in [-0.2, -0.15) is 0 Å². The fraction of sp³-hybridized carbons (Fsp3) is 0.650. The minimum Gasteiger partial charge on any atom is -0.497 e. The first-order valence-electron chi connectivity index (χ1n) is 8.74. The molecule has 2 heteroatoms. The molecule has 1 aromatic carbocycles. The predicted octanol–water partition coefficient (Wildman–Crippen LogP) is 4.37. The molecule has 0 saturated heterocycles. The zero-order valence-corrected chi connectivity index (χ0v) is 13.9. The van der Waals surface area contributed by atoms with Crippen molar-refractivity contribution in [3.63, 3.8) is 0 Å². The van der Waals surface area contributed by atoms with Gasteiger partial charge < -0.3 is 4.74 Å². The van der Waals surface area contributed by atoms with E-state index in [0.717, 1.165) is 31.4 Å². The third-order valence-electron chi connectivity index (χ3n) is 6.99. The van der Waals surface area contributed by atoms with Crippen molar-refractivity contribution in [1.82, 2.24) is 0 Å². The lowest BCUT2D eigenvalue weighted by Crippen LogP contribution is -2.45. The van der Waals surface area contributed by atoms with Gasteiger partial charge in [-0.25, -0.2) is 0 Å². The zero-order chi connectivity index (χ0) is 15.5. The summed E-state index contributed by atoms with van der Waals surface area (Å²) in [4.78, 5) is 12.4. The molecule has 0 bridgehead atoms. The molecular formula is C20H26O2. The summed E-state index contributed by atoms with van der Waals surface area (Å²) in [5.74, 6) is 4.11. The van der Waals surface area contributed by atoms with E-state index < -0.39 is 0 Å². The maximum atomic E-state index is 12.4. The Morgan fingerprint density at radius 1 is 1.27 bits per heavy atom. The molecule has 0 spiro atoms. The summed E-state index contributed by atoms with van der Waals surface area (Å²) in [5, 5.41) is 0. The molecular weight excluding hydrogens is 272 g/mol. The zero-order valence-electron chi connectivity index (χ0n) is 13.9. The van der Waals surface area contributed by atoms with Crippen LogP contribution < -0.4 is 4.74 Å². The largest absolute Gasteiger partial charge is 0.497 e. The molecule has 3 aliphatic rings. The molecule has 5 atom stereocenters. The molecule has 0 aromatic heterocycles. The molecule has 2 fully saturated rings. The molecule has 118 valence electrons. The minimum absolute atomic E-state index is 0.0284. The fourth-order valence-corrected chi connectivity index (χ4v) is 5.85. The molecule has 3 aliphatic carbocycles. The van der Waals surface area contributed by atoms with Crippen LogP contribution in [0.15, 0.2) is 18.2 Å². The normalized spacial score (nSPS) is 39.9. The van der Waals surface area contributed by atoms with E-state index >= 15 is 0 Å². The average Bonchev–Trinajstić information content (AvgIpc) is 2.82. The summed E-state index contributed by atoms with van der Waals surface area (Å²) in [6.07, 6.45) is 5.32. The van der Waals surface area contributed by atoms with Crippen LogP contribution in [0.1, 0.15) is 56.6 Å². The number of methoxy groups -OCH3 is 1. The highest BCUT2D eigenvalue weighted by molar-refractivity contribution is 5.87. The van der Waals surface area contributed by atoms with Crippen LogP contribution in [0.5, 0.6) is 5.75 Å². The van der Waals surface area contributed by atoms with Gasteiger partial charge in [0.2, 0.25) is 0 Å². The van der Waals surface area contributed by atoms with Gasteiger partial charge >= 0.3 is 0 Å². The first-order chi connectivity index (χ1) is 10.5. The standard InChI is InChI=1S/C20H26O2/c1-12-10-13-11-14(22-3)4-5-15(13)16-8-9-20(2)17(19(12)16)6-7-18(20)21/h4-5,11-12,16-17,19H,6-10H2,1-3H3/t12-,16-,17+,19-,20-/m1/s1. The maximum Gasteiger partial charge on any atom is 0.139 e. The second-order valence-electron chi connectivity index (χ2n) is 7.95. The minimum atomic E-state index is -0.0284. The highest BCUT2D eigenvalue weighted by atomic mass is 16.5. The second-order valence-corrected chi connectivity index (χ2v) is 7.95. The van der Waals surface area contributed by atoms with Crippen LogP contribution in [-0.2, 0) is 11.2 Å². The van der Waals surface area contributed by atoms with Gasteiger partial charge in [0.05, 0.1) is 7.11 Å². The molecule has 1 aromatic rings. The Morgan fingerprint density at radius 2 is 2.09 bits per heavy atom. The third-order valence-corrected chi connectivity index (χ3v) is 6.99. The van der Waals surface area contributed by atoms with Gasteiger partial charge in [-0.3, -0.25) is 4.79 Å². The van der Waals surface area contributed by atoms with Crippen LogP contribution in [0.3, 0.4) is 0 Å². The summed E-state index contributed by atoms with van der Waals surface area (Å²) in [6.45, 7) is 4.65. The van der Waals surface area contributed by atoms with Crippen molar-refractivity contribution < 1.29 is 9.53 Å². The molecule has 2 saturated carbocycles. The highest BCUT2D eigenvalue weighted by Crippen LogP contribution is 2.60. The van der Waals surface area contributed by atoms with E-state index in [0.29, 0.717) is 29.5 Å². The van der Waals surface area contributed by atoms with E-state index in [1.54, 1.807) is 7.11 Å². The van der Waals surface area contributed by atoms with Gasteiger partial charge in [0.15, 0.2) is 0 Å². The Kier molecular flexibility index (Phi) is 3.15. The first-order valence-corrected chi connectivity index (χ1v) is 8.74. The summed E-state index contributed by atoms with van der Waals surface area (Å²) >= 11 is 0. The summed E-state index contributed by atoms with van der Waals surface area (Å²) in [5.41, 5.74) is 2.98. The molecule has 0 N–H and O–H groups in total. The van der Waals surface area contributed by atoms with Gasteiger partial charge in [0.1, 0.15) is 11.5 Å². The van der Waals surface area contributed by atoms with E-state index in [9.17, 15) is 4.79 Å². The van der Waals surface area contributed by atoms with Crippen molar-refractivity contribution in [3.8, 4) is 5.75 Å². The van der Waals surface area contributed by atoms with E-state index in [1.807, 2.05) is 0 Å². The quantitative estimate of drug-likeness (QED) is 0.769. The molecule has 0 amide bonds. The lowest BCUT2D eigenvalue weighted by molar-refractivity contribution is -0.129. The number of benzene rings is 1. The van der Waals surface area contributed by atoms with Crippen molar-refractivity contribution in [2.45, 2.75) is 51.9 Å². The Morgan fingerprint density at radius 3 is 2.86 bits per heavy atom. The van der Waals surface area contributed by atoms with E-state index in [1.165, 1.54) is 17.5 Å². The Bertz CT molecular complexity index is 620. The lowest BCUT2D eigenvalue weighted by atomic mass is 9.53. The molecule has 0 radical (unpaired) electrons. The predicted molar refractivity (Wildman–Crippen MR) is 87.2 cm³/mol. The first kappa shape index (κ1) is 14.3. The lowest BCUT2D eigenvalue weighted by Gasteiger charge is -2.51. The Hall–Kier alpha value is -1.31. The van der Waals surface area contributed by atoms with Crippen molar-refractivity contribution >= 4 is 5.78 Å². The van der Waals surface area contributed by atoms with Crippen molar-refractivity contribution in [3.05, 3.63) is 29.3 Å². The van der Waals surface area contributed by atoms with Crippen LogP contribution >= 0.6 is 0 Å². The van der Waals surface area contributed by atoms with Crippen molar-refractivity contribution in [1.29, 1.82) is 0 Å². The van der Waals surface area contributed by atoms with Crippen LogP contribution in [0.2, 0.25) is 0 Å². The number of hydrogen-bond acceptors (Lipinski definition) is 2. The molecule has 2 nitrogen and oxygen atoms in total. The number of hydrogen-bond donors (Lipinski definition) is 0. The van der Waals surface area contributed by atoms with Crippen molar-refractivity contribution in [2.24, 2.45) is 23.2 Å². The number of carbonyl (C=O) groups is 1. The van der Waals surface area contributed by atoms with Crippen LogP contribution in [0.25, 0.3) is 0 Å². The van der Waals surface area contributed by atoms with E-state index in [2.05, 4.69) is 32.0 Å². The van der Waals surface area contributed by atoms with Gasteiger partial charge in [0, 0.05) is 11.8 Å². The van der Waals surface area contributed by atoms with Crippen LogP contribution in [-0.4, -0.2) is 12.9 Å². The number of ether oxygens (including phenoxy) is 1. The van der Waals surface area contributed by atoms with Gasteiger partial charge in [0.25, 0.3) is 0 Å². The summed E-state index contributed by atoms with van der Waals surface area (Å²) < 4.78 is 5.41. The molecule has 0 unspecified atom stereocenters. The van der Waals surface area contributed by atoms with Gasteiger partial charge in [-0.1, -0.05) is 19.9 Å². The monoisotopic (exact) mass is 298 g/mol. The van der Waals surface area contributed by atoms with Gasteiger partial charge in [-0.15, -0.1) is 0 Å². The number of fused-ring (bicyclic) bond motifs is 5. The van der Waals surface area contributed by atoms with Crippen molar-refractivity contribution in [2.75, 3.05) is 7.11 Å². The SMILES string of the molecule is COc1ccc2c(c1)C[C@@H](C)[C@@H]1[C@@H]2CC[C@@]2(C)C(=O)CC[C@@H]12. The summed E-state index contributed by atoms with van der Waals surface area (Å²) in [6, 6.07) is 6.63.